The number of nitrogens with one attached hydrogen (secondary N) is 2. The number of carbonyl (C=O) groups is 3. The summed E-state index contributed by atoms with van der Waals surface area (Å²) in [4.78, 5) is 35.5. The van der Waals surface area contributed by atoms with E-state index in [2.05, 4.69) is 10.6 Å². The fourth-order valence-electron chi connectivity index (χ4n) is 2.17. The number of carbonyl (C=O) groups excluding carboxylic acids is 3. The third-order valence-corrected chi connectivity index (χ3v) is 3.58. The highest BCUT2D eigenvalue weighted by atomic mass is 19.1. The van der Waals surface area contributed by atoms with Crippen molar-refractivity contribution in [1.82, 2.24) is 5.32 Å². The second-order valence-corrected chi connectivity index (χ2v) is 5.62. The van der Waals surface area contributed by atoms with Crippen LogP contribution in [0.5, 0.6) is 11.5 Å². The van der Waals surface area contributed by atoms with Crippen LogP contribution in [-0.4, -0.2) is 45.2 Å². The number of esters is 1. The Hall–Kier alpha value is -3.69. The van der Waals surface area contributed by atoms with Crippen molar-refractivity contribution in [2.75, 3.05) is 32.7 Å². The van der Waals surface area contributed by atoms with Gasteiger partial charge in [-0.25, -0.2) is 8.78 Å². The van der Waals surface area contributed by atoms with Crippen LogP contribution >= 0.6 is 0 Å². The maximum absolute atomic E-state index is 13.5. The molecule has 0 bridgehead atoms. The van der Waals surface area contributed by atoms with Gasteiger partial charge in [0, 0.05) is 17.7 Å². The van der Waals surface area contributed by atoms with E-state index in [4.69, 9.17) is 14.2 Å². The normalized spacial score (nSPS) is 10.1. The molecule has 2 rings (SSSR count). The molecule has 8 nitrogen and oxygen atoms in total. The van der Waals surface area contributed by atoms with Gasteiger partial charge in [-0.2, -0.15) is 0 Å². The van der Waals surface area contributed by atoms with Gasteiger partial charge in [0.25, 0.3) is 11.8 Å². The Morgan fingerprint density at radius 1 is 0.966 bits per heavy atom. The monoisotopic (exact) mass is 408 g/mol. The van der Waals surface area contributed by atoms with Crippen molar-refractivity contribution in [1.29, 1.82) is 0 Å². The first kappa shape index (κ1) is 21.6. The number of halogens is 2. The van der Waals surface area contributed by atoms with Gasteiger partial charge < -0.3 is 24.8 Å². The number of amides is 2. The number of hydrogen-bond acceptors (Lipinski definition) is 6. The van der Waals surface area contributed by atoms with Crippen LogP contribution in [-0.2, 0) is 14.3 Å². The molecule has 10 heteroatoms. The van der Waals surface area contributed by atoms with Gasteiger partial charge in [0.1, 0.15) is 29.7 Å². The van der Waals surface area contributed by atoms with E-state index < -0.39 is 42.6 Å². The summed E-state index contributed by atoms with van der Waals surface area (Å²) in [5.41, 5.74) is -0.0637. The maximum Gasteiger partial charge on any atom is 0.325 e. The van der Waals surface area contributed by atoms with Crippen molar-refractivity contribution < 1.29 is 37.4 Å². The van der Waals surface area contributed by atoms with Crippen LogP contribution in [0.15, 0.2) is 36.4 Å². The van der Waals surface area contributed by atoms with Gasteiger partial charge in [-0.05, 0) is 24.3 Å². The molecule has 2 aromatic carbocycles. The number of ether oxygens (including phenoxy) is 3. The lowest BCUT2D eigenvalue weighted by atomic mass is 10.2. The van der Waals surface area contributed by atoms with E-state index in [1.165, 1.54) is 26.4 Å². The Morgan fingerprint density at radius 3 is 2.21 bits per heavy atom. The van der Waals surface area contributed by atoms with Gasteiger partial charge in [-0.15, -0.1) is 0 Å². The van der Waals surface area contributed by atoms with Crippen LogP contribution < -0.4 is 20.1 Å². The van der Waals surface area contributed by atoms with E-state index in [1.54, 1.807) is 6.07 Å². The van der Waals surface area contributed by atoms with Crippen molar-refractivity contribution >= 4 is 23.5 Å². The second-order valence-electron chi connectivity index (χ2n) is 5.62. The van der Waals surface area contributed by atoms with Crippen LogP contribution in [0.3, 0.4) is 0 Å². The second kappa shape index (κ2) is 10.0. The SMILES string of the molecule is COc1cc(OC)cc(C(=O)NCC(=O)OCC(=O)Nc2ccc(F)cc2F)c1. The molecule has 0 aliphatic carbocycles. The number of anilines is 1. The summed E-state index contributed by atoms with van der Waals surface area (Å²) in [6.45, 7) is -1.21. The predicted molar refractivity (Wildman–Crippen MR) is 97.8 cm³/mol. The van der Waals surface area contributed by atoms with E-state index >= 15 is 0 Å². The summed E-state index contributed by atoms with van der Waals surface area (Å²) >= 11 is 0. The Labute approximate surface area is 164 Å². The zero-order valence-corrected chi connectivity index (χ0v) is 15.6. The minimum Gasteiger partial charge on any atom is -0.497 e. The molecule has 0 spiro atoms. The molecule has 0 saturated carbocycles. The molecule has 0 unspecified atom stereocenters. The number of benzene rings is 2. The van der Waals surface area contributed by atoms with Crippen molar-refractivity contribution in [3.05, 3.63) is 53.6 Å². The van der Waals surface area contributed by atoms with Crippen LogP contribution in [0.25, 0.3) is 0 Å². The molecular formula is C19H18F2N2O6. The molecule has 0 atom stereocenters. The Kier molecular flexibility index (Phi) is 7.47. The first-order valence-corrected chi connectivity index (χ1v) is 8.24. The Bertz CT molecular complexity index is 897. The first-order chi connectivity index (χ1) is 13.8. The lowest BCUT2D eigenvalue weighted by Gasteiger charge is -2.10. The van der Waals surface area contributed by atoms with E-state index in [9.17, 15) is 23.2 Å². The van der Waals surface area contributed by atoms with Crippen molar-refractivity contribution in [2.45, 2.75) is 0 Å². The zero-order chi connectivity index (χ0) is 21.4. The standard InChI is InChI=1S/C19H18F2N2O6/c1-27-13-5-11(6-14(8-13)28-2)19(26)22-9-18(25)29-10-17(24)23-16-4-3-12(20)7-15(16)21/h3-8H,9-10H2,1-2H3,(H,22,26)(H,23,24). The molecular weight excluding hydrogens is 390 g/mol. The molecule has 2 N–H and O–H groups in total. The van der Waals surface area contributed by atoms with Gasteiger partial charge in [0.15, 0.2) is 6.61 Å². The molecule has 2 aromatic rings. The molecule has 2 amide bonds. The third-order valence-electron chi connectivity index (χ3n) is 3.58. The molecule has 0 aliphatic heterocycles. The van der Waals surface area contributed by atoms with Crippen LogP contribution in [0, 0.1) is 11.6 Å². The van der Waals surface area contributed by atoms with Crippen molar-refractivity contribution in [2.24, 2.45) is 0 Å². The fourth-order valence-corrected chi connectivity index (χ4v) is 2.17. The Balaban J connectivity index is 1.82. The third kappa shape index (κ3) is 6.45. The van der Waals surface area contributed by atoms with Gasteiger partial charge in [-0.3, -0.25) is 14.4 Å². The summed E-state index contributed by atoms with van der Waals surface area (Å²) in [6.07, 6.45) is 0. The maximum atomic E-state index is 13.5. The van der Waals surface area contributed by atoms with E-state index in [0.717, 1.165) is 12.1 Å². The number of methoxy groups -OCH3 is 2. The van der Waals surface area contributed by atoms with Gasteiger partial charge in [0.2, 0.25) is 0 Å². The average molecular weight is 408 g/mol. The molecule has 0 saturated heterocycles. The highest BCUT2D eigenvalue weighted by Crippen LogP contribution is 2.22. The summed E-state index contributed by atoms with van der Waals surface area (Å²) in [7, 11) is 2.85. The first-order valence-electron chi connectivity index (χ1n) is 8.24. The van der Waals surface area contributed by atoms with Gasteiger partial charge in [0.05, 0.1) is 19.9 Å². The number of hydrogen-bond donors (Lipinski definition) is 2. The fraction of sp³-hybridized carbons (Fsp3) is 0.211. The largest absolute Gasteiger partial charge is 0.497 e. The molecule has 154 valence electrons. The molecule has 0 fully saturated rings. The zero-order valence-electron chi connectivity index (χ0n) is 15.6. The van der Waals surface area contributed by atoms with E-state index in [-0.39, 0.29) is 11.3 Å². The van der Waals surface area contributed by atoms with Gasteiger partial charge in [-0.1, -0.05) is 0 Å². The average Bonchev–Trinajstić information content (AvgIpc) is 2.71. The lowest BCUT2D eigenvalue weighted by molar-refractivity contribution is -0.146. The van der Waals surface area contributed by atoms with Crippen LogP contribution in [0.1, 0.15) is 10.4 Å². The molecule has 0 heterocycles. The minimum absolute atomic E-state index is 0.193. The molecule has 0 radical (unpaired) electrons. The van der Waals surface area contributed by atoms with Crippen molar-refractivity contribution in [3.8, 4) is 11.5 Å². The highest BCUT2D eigenvalue weighted by Gasteiger charge is 2.14. The summed E-state index contributed by atoms with van der Waals surface area (Å²) in [5.74, 6) is -3.28. The molecule has 0 aromatic heterocycles. The van der Waals surface area contributed by atoms with E-state index in [1.807, 2.05) is 0 Å². The van der Waals surface area contributed by atoms with Crippen molar-refractivity contribution in [3.63, 3.8) is 0 Å². The predicted octanol–water partition coefficient (Wildman–Crippen LogP) is 1.89. The summed E-state index contributed by atoms with van der Waals surface area (Å²) in [6, 6.07) is 7.08. The number of rotatable bonds is 8. The smallest absolute Gasteiger partial charge is 0.325 e. The highest BCUT2D eigenvalue weighted by molar-refractivity contribution is 5.97. The van der Waals surface area contributed by atoms with Crippen LogP contribution in [0.4, 0.5) is 14.5 Å². The molecule has 29 heavy (non-hydrogen) atoms. The quantitative estimate of drug-likeness (QED) is 0.647. The Morgan fingerprint density at radius 2 is 1.62 bits per heavy atom. The summed E-state index contributed by atoms with van der Waals surface area (Å²) in [5, 5.41) is 4.47. The lowest BCUT2D eigenvalue weighted by Crippen LogP contribution is -2.32. The topological polar surface area (TPSA) is 103 Å². The summed E-state index contributed by atoms with van der Waals surface area (Å²) < 4.78 is 41.1. The van der Waals surface area contributed by atoms with Crippen LogP contribution in [0.2, 0.25) is 0 Å². The minimum atomic E-state index is -0.967. The van der Waals surface area contributed by atoms with Gasteiger partial charge >= 0.3 is 5.97 Å². The molecule has 0 aliphatic rings. The van der Waals surface area contributed by atoms with E-state index in [0.29, 0.717) is 17.6 Å².